The summed E-state index contributed by atoms with van der Waals surface area (Å²) in [5.41, 5.74) is 0.978. The van der Waals surface area contributed by atoms with Gasteiger partial charge in [0.1, 0.15) is 0 Å². The van der Waals surface area contributed by atoms with E-state index in [9.17, 15) is 9.59 Å². The molecule has 1 saturated heterocycles. The van der Waals surface area contributed by atoms with Crippen LogP contribution >= 0.6 is 23.6 Å². The molecule has 0 radical (unpaired) electrons. The summed E-state index contributed by atoms with van der Waals surface area (Å²) in [7, 11) is 0. The van der Waals surface area contributed by atoms with E-state index in [1.165, 1.54) is 17.4 Å². The number of carbonyl (C=O) groups excluding carboxylic acids is 2. The number of thiophene rings is 1. The molecule has 0 spiro atoms. The number of benzene rings is 1. The number of hydrogen-bond donors (Lipinski definition) is 3. The molecule has 28 heavy (non-hydrogen) atoms. The molecule has 2 heterocycles. The highest BCUT2D eigenvalue weighted by molar-refractivity contribution is 7.80. The maximum atomic E-state index is 12.5. The molecule has 2 aromatic rings. The molecule has 3 rings (SSSR count). The van der Waals surface area contributed by atoms with Crippen LogP contribution in [0.25, 0.3) is 6.08 Å². The van der Waals surface area contributed by atoms with Gasteiger partial charge < -0.3 is 15.4 Å². The van der Waals surface area contributed by atoms with Crippen LogP contribution in [0.4, 0.5) is 5.69 Å². The Kier molecular flexibility index (Phi) is 7.30. The van der Waals surface area contributed by atoms with E-state index in [-0.39, 0.29) is 23.0 Å². The second-order valence-corrected chi connectivity index (χ2v) is 7.57. The Labute approximate surface area is 173 Å². The molecule has 3 N–H and O–H groups in total. The highest BCUT2D eigenvalue weighted by Gasteiger charge is 2.18. The third-order valence-corrected chi connectivity index (χ3v) is 5.15. The van der Waals surface area contributed by atoms with Crippen molar-refractivity contribution in [2.45, 2.75) is 18.9 Å². The molecule has 1 aliphatic rings. The molecule has 2 amide bonds. The fourth-order valence-corrected chi connectivity index (χ4v) is 3.58. The normalized spacial score (nSPS) is 16.1. The van der Waals surface area contributed by atoms with Crippen molar-refractivity contribution in [1.82, 2.24) is 10.6 Å². The molecule has 0 aliphatic carbocycles. The topological polar surface area (TPSA) is 79.5 Å². The summed E-state index contributed by atoms with van der Waals surface area (Å²) in [5.74, 6) is -0.559. The molecule has 0 saturated carbocycles. The van der Waals surface area contributed by atoms with Gasteiger partial charge in [-0.15, -0.1) is 11.3 Å². The second kappa shape index (κ2) is 10.1. The highest BCUT2D eigenvalue weighted by Crippen LogP contribution is 2.16. The molecular formula is C20H21N3O3S2. The Balaban J connectivity index is 1.55. The fourth-order valence-electron chi connectivity index (χ4n) is 2.75. The van der Waals surface area contributed by atoms with Crippen molar-refractivity contribution in [3.05, 3.63) is 58.3 Å². The number of nitrogens with one attached hydrogen (secondary N) is 3. The minimum atomic E-state index is -0.341. The predicted molar refractivity (Wildman–Crippen MR) is 115 cm³/mol. The van der Waals surface area contributed by atoms with E-state index in [4.69, 9.17) is 17.0 Å². The minimum absolute atomic E-state index is 0.0690. The van der Waals surface area contributed by atoms with Crippen LogP contribution in [-0.2, 0) is 9.53 Å². The van der Waals surface area contributed by atoms with E-state index in [0.717, 1.165) is 24.3 Å². The van der Waals surface area contributed by atoms with Gasteiger partial charge in [0.05, 0.1) is 17.4 Å². The Morgan fingerprint density at radius 2 is 2.11 bits per heavy atom. The maximum Gasteiger partial charge on any atom is 0.253 e. The average Bonchev–Trinajstić information content (AvgIpc) is 3.38. The lowest BCUT2D eigenvalue weighted by Gasteiger charge is -2.14. The number of anilines is 1. The molecular weight excluding hydrogens is 394 g/mol. The summed E-state index contributed by atoms with van der Waals surface area (Å²) in [5, 5.41) is 10.4. The van der Waals surface area contributed by atoms with Gasteiger partial charge in [0.25, 0.3) is 5.91 Å². The van der Waals surface area contributed by atoms with Gasteiger partial charge in [-0.3, -0.25) is 14.9 Å². The van der Waals surface area contributed by atoms with Crippen LogP contribution in [0.2, 0.25) is 0 Å². The lowest BCUT2D eigenvalue weighted by Crippen LogP contribution is -2.35. The number of rotatable bonds is 6. The average molecular weight is 416 g/mol. The number of thiocarbonyl (C=S) groups is 1. The Hall–Kier alpha value is -2.55. The van der Waals surface area contributed by atoms with E-state index in [1.54, 1.807) is 30.3 Å². The van der Waals surface area contributed by atoms with Crippen LogP contribution in [0.1, 0.15) is 28.1 Å². The third-order valence-electron chi connectivity index (χ3n) is 4.11. The van der Waals surface area contributed by atoms with Crippen molar-refractivity contribution >= 4 is 52.2 Å². The quantitative estimate of drug-likeness (QED) is 0.499. The zero-order valence-electron chi connectivity index (χ0n) is 15.1. The zero-order valence-corrected chi connectivity index (χ0v) is 16.8. The lowest BCUT2D eigenvalue weighted by molar-refractivity contribution is -0.115. The SMILES string of the molecule is O=C(C=Cc1cccs1)NC(=S)Nc1ccccc1C(=O)NCC1CCCO1. The van der Waals surface area contributed by atoms with Crippen LogP contribution in [-0.4, -0.2) is 36.2 Å². The molecule has 146 valence electrons. The Morgan fingerprint density at radius 3 is 2.86 bits per heavy atom. The summed E-state index contributed by atoms with van der Waals surface area (Å²) in [6.45, 7) is 1.22. The Bertz CT molecular complexity index is 859. The van der Waals surface area contributed by atoms with Crippen LogP contribution in [0.15, 0.2) is 47.9 Å². The fraction of sp³-hybridized carbons (Fsp3) is 0.250. The molecule has 1 atom stereocenters. The van der Waals surface area contributed by atoms with Crippen molar-refractivity contribution in [2.24, 2.45) is 0 Å². The second-order valence-electron chi connectivity index (χ2n) is 6.18. The molecule has 1 unspecified atom stereocenters. The summed E-state index contributed by atoms with van der Waals surface area (Å²) in [4.78, 5) is 25.5. The van der Waals surface area contributed by atoms with Crippen LogP contribution in [0.5, 0.6) is 0 Å². The molecule has 1 aliphatic heterocycles. The van der Waals surface area contributed by atoms with E-state index in [0.29, 0.717) is 17.8 Å². The van der Waals surface area contributed by atoms with E-state index in [1.807, 2.05) is 17.5 Å². The van der Waals surface area contributed by atoms with Crippen molar-refractivity contribution in [3.63, 3.8) is 0 Å². The largest absolute Gasteiger partial charge is 0.376 e. The van der Waals surface area contributed by atoms with Crippen molar-refractivity contribution in [3.8, 4) is 0 Å². The van der Waals surface area contributed by atoms with E-state index in [2.05, 4.69) is 16.0 Å². The molecule has 1 aromatic heterocycles. The lowest BCUT2D eigenvalue weighted by atomic mass is 10.1. The first kappa shape index (κ1) is 20.2. The summed E-state index contributed by atoms with van der Waals surface area (Å²) in [6.07, 6.45) is 5.18. The van der Waals surface area contributed by atoms with Crippen LogP contribution < -0.4 is 16.0 Å². The standard InChI is InChI=1S/C20H21N3O3S2/c24-18(10-9-15-6-4-12-28-15)23-20(27)22-17-8-2-1-7-16(17)19(25)21-13-14-5-3-11-26-14/h1-2,4,6-10,12,14H,3,5,11,13H2,(H,21,25)(H2,22,23,24,27). The summed E-state index contributed by atoms with van der Waals surface area (Å²) < 4.78 is 5.52. The summed E-state index contributed by atoms with van der Waals surface area (Å²) in [6, 6.07) is 10.8. The van der Waals surface area contributed by atoms with Gasteiger partial charge in [-0.05, 0) is 54.7 Å². The van der Waals surface area contributed by atoms with Crippen molar-refractivity contribution in [2.75, 3.05) is 18.5 Å². The van der Waals surface area contributed by atoms with Gasteiger partial charge in [0.15, 0.2) is 5.11 Å². The van der Waals surface area contributed by atoms with Crippen LogP contribution in [0.3, 0.4) is 0 Å². The zero-order chi connectivity index (χ0) is 19.8. The predicted octanol–water partition coefficient (Wildman–Crippen LogP) is 3.18. The molecule has 1 fully saturated rings. The first-order valence-corrected chi connectivity index (χ1v) is 10.2. The summed E-state index contributed by atoms with van der Waals surface area (Å²) >= 11 is 6.74. The van der Waals surface area contributed by atoms with E-state index >= 15 is 0 Å². The third kappa shape index (κ3) is 5.98. The maximum absolute atomic E-state index is 12.5. The van der Waals surface area contributed by atoms with Gasteiger partial charge in [-0.2, -0.15) is 0 Å². The number of hydrogen-bond acceptors (Lipinski definition) is 5. The van der Waals surface area contributed by atoms with Gasteiger partial charge in [0.2, 0.25) is 5.91 Å². The Morgan fingerprint density at radius 1 is 1.25 bits per heavy atom. The monoisotopic (exact) mass is 415 g/mol. The number of para-hydroxylation sites is 1. The number of carbonyl (C=O) groups is 2. The van der Waals surface area contributed by atoms with Crippen molar-refractivity contribution in [1.29, 1.82) is 0 Å². The minimum Gasteiger partial charge on any atom is -0.376 e. The molecule has 0 bridgehead atoms. The first-order chi connectivity index (χ1) is 13.6. The smallest absolute Gasteiger partial charge is 0.253 e. The number of amides is 2. The molecule has 6 nitrogen and oxygen atoms in total. The van der Waals surface area contributed by atoms with E-state index < -0.39 is 0 Å². The van der Waals surface area contributed by atoms with Gasteiger partial charge in [0, 0.05) is 24.1 Å². The molecule has 8 heteroatoms. The highest BCUT2D eigenvalue weighted by atomic mass is 32.1. The van der Waals surface area contributed by atoms with Crippen molar-refractivity contribution < 1.29 is 14.3 Å². The van der Waals surface area contributed by atoms with Gasteiger partial charge >= 0.3 is 0 Å². The number of ether oxygens (including phenoxy) is 1. The van der Waals surface area contributed by atoms with Crippen LogP contribution in [0, 0.1) is 0 Å². The van der Waals surface area contributed by atoms with Gasteiger partial charge in [-0.25, -0.2) is 0 Å². The van der Waals surface area contributed by atoms with Gasteiger partial charge in [-0.1, -0.05) is 18.2 Å². The first-order valence-electron chi connectivity index (χ1n) is 8.94. The molecule has 1 aromatic carbocycles.